The Balaban J connectivity index is 0.000000924. The average molecular weight is 461 g/mol. The SMILES string of the molecule is C=C/C(C)=C\C(=C)C.C=CC(N=C(CCc1ccc(F)cc1)c1cncc(C)c1)=C(C)C.CC. The summed E-state index contributed by atoms with van der Waals surface area (Å²) in [4.78, 5) is 9.08. The number of pyridine rings is 1. The molecular formula is C31H41FN2. The second-order valence-electron chi connectivity index (χ2n) is 7.96. The van der Waals surface area contributed by atoms with Crippen molar-refractivity contribution in [2.45, 2.75) is 61.3 Å². The molecule has 0 fully saturated rings. The van der Waals surface area contributed by atoms with Crippen molar-refractivity contribution in [3.8, 4) is 0 Å². The fourth-order valence-electron chi connectivity index (χ4n) is 2.85. The second kappa shape index (κ2) is 17.2. The molecule has 0 saturated carbocycles. The molecule has 1 aromatic carbocycles. The Labute approximate surface area is 207 Å². The number of nitrogens with zero attached hydrogens (tertiary/aromatic N) is 2. The van der Waals surface area contributed by atoms with E-state index in [1.165, 1.54) is 12.1 Å². The lowest BCUT2D eigenvalue weighted by Gasteiger charge is -2.09. The van der Waals surface area contributed by atoms with Crippen LogP contribution in [0.5, 0.6) is 0 Å². The normalized spacial score (nSPS) is 10.7. The zero-order valence-corrected chi connectivity index (χ0v) is 22.1. The first-order chi connectivity index (χ1) is 16.2. The Morgan fingerprint density at radius 3 is 2.06 bits per heavy atom. The van der Waals surface area contributed by atoms with Gasteiger partial charge in [-0.25, -0.2) is 4.39 Å². The minimum absolute atomic E-state index is 0.214. The molecule has 2 aromatic rings. The van der Waals surface area contributed by atoms with Crippen molar-refractivity contribution in [1.82, 2.24) is 4.98 Å². The maximum atomic E-state index is 13.1. The highest BCUT2D eigenvalue weighted by Crippen LogP contribution is 2.15. The molecule has 0 unspecified atom stereocenters. The van der Waals surface area contributed by atoms with Crippen LogP contribution in [-0.4, -0.2) is 10.7 Å². The van der Waals surface area contributed by atoms with Crippen LogP contribution in [0.4, 0.5) is 4.39 Å². The zero-order valence-electron chi connectivity index (χ0n) is 22.1. The minimum Gasteiger partial charge on any atom is -0.264 e. The summed E-state index contributed by atoms with van der Waals surface area (Å²) in [6, 6.07) is 8.70. The molecule has 0 aliphatic heterocycles. The van der Waals surface area contributed by atoms with Crippen LogP contribution in [0.2, 0.25) is 0 Å². The highest BCUT2D eigenvalue weighted by atomic mass is 19.1. The van der Waals surface area contributed by atoms with Gasteiger partial charge in [-0.05, 0) is 82.9 Å². The van der Waals surface area contributed by atoms with Gasteiger partial charge in [-0.15, -0.1) is 0 Å². The number of benzene rings is 1. The second-order valence-corrected chi connectivity index (χ2v) is 7.96. The van der Waals surface area contributed by atoms with Crippen molar-refractivity contribution < 1.29 is 4.39 Å². The van der Waals surface area contributed by atoms with Crippen LogP contribution in [-0.2, 0) is 6.42 Å². The van der Waals surface area contributed by atoms with Crippen molar-refractivity contribution in [2.24, 2.45) is 4.99 Å². The van der Waals surface area contributed by atoms with Gasteiger partial charge in [0.15, 0.2) is 0 Å². The molecule has 0 amide bonds. The molecular weight excluding hydrogens is 419 g/mol. The Kier molecular flexibility index (Phi) is 15.5. The van der Waals surface area contributed by atoms with Crippen LogP contribution in [0.25, 0.3) is 0 Å². The van der Waals surface area contributed by atoms with Crippen LogP contribution in [0, 0.1) is 12.7 Å². The lowest BCUT2D eigenvalue weighted by Crippen LogP contribution is -2.05. The molecule has 2 rings (SSSR count). The molecule has 0 aliphatic rings. The molecule has 0 atom stereocenters. The topological polar surface area (TPSA) is 25.2 Å². The van der Waals surface area contributed by atoms with E-state index in [0.717, 1.165) is 57.7 Å². The highest BCUT2D eigenvalue weighted by molar-refractivity contribution is 6.01. The summed E-state index contributed by atoms with van der Waals surface area (Å²) < 4.78 is 13.1. The van der Waals surface area contributed by atoms with Crippen molar-refractivity contribution >= 4 is 5.71 Å². The fraction of sp³-hybridized carbons (Fsp3) is 0.290. The van der Waals surface area contributed by atoms with E-state index >= 15 is 0 Å². The summed E-state index contributed by atoms with van der Waals surface area (Å²) in [6.07, 6.45) is 10.8. The van der Waals surface area contributed by atoms with Gasteiger partial charge in [-0.3, -0.25) is 9.98 Å². The van der Waals surface area contributed by atoms with E-state index in [1.54, 1.807) is 6.08 Å². The van der Waals surface area contributed by atoms with E-state index in [9.17, 15) is 4.39 Å². The summed E-state index contributed by atoms with van der Waals surface area (Å²) in [5.74, 6) is -0.214. The van der Waals surface area contributed by atoms with E-state index in [-0.39, 0.29) is 5.82 Å². The smallest absolute Gasteiger partial charge is 0.123 e. The Bertz CT molecular complexity index is 1020. The average Bonchev–Trinajstić information content (AvgIpc) is 2.81. The summed E-state index contributed by atoms with van der Waals surface area (Å²) in [5.41, 5.74) is 8.39. The van der Waals surface area contributed by atoms with Crippen LogP contribution < -0.4 is 0 Å². The first-order valence-electron chi connectivity index (χ1n) is 11.7. The molecule has 1 heterocycles. The van der Waals surface area contributed by atoms with Gasteiger partial charge in [0.2, 0.25) is 0 Å². The predicted molar refractivity (Wildman–Crippen MR) is 149 cm³/mol. The first-order valence-corrected chi connectivity index (χ1v) is 11.7. The summed E-state index contributed by atoms with van der Waals surface area (Å²) in [5, 5.41) is 0. The van der Waals surface area contributed by atoms with E-state index in [0.29, 0.717) is 0 Å². The van der Waals surface area contributed by atoms with Crippen molar-refractivity contribution in [2.75, 3.05) is 0 Å². The number of aliphatic imine (C=N–C) groups is 1. The number of rotatable bonds is 8. The van der Waals surface area contributed by atoms with Gasteiger partial charge in [0, 0.05) is 18.0 Å². The molecule has 0 saturated heterocycles. The van der Waals surface area contributed by atoms with E-state index in [4.69, 9.17) is 4.99 Å². The third-order valence-corrected chi connectivity index (χ3v) is 4.53. The predicted octanol–water partition coefficient (Wildman–Crippen LogP) is 9.15. The maximum absolute atomic E-state index is 13.1. The molecule has 0 radical (unpaired) electrons. The molecule has 2 nitrogen and oxygen atoms in total. The fourth-order valence-corrected chi connectivity index (χ4v) is 2.85. The van der Waals surface area contributed by atoms with E-state index < -0.39 is 0 Å². The van der Waals surface area contributed by atoms with Crippen LogP contribution in [0.15, 0.2) is 108 Å². The Morgan fingerprint density at radius 2 is 1.62 bits per heavy atom. The molecule has 0 aliphatic carbocycles. The number of hydrogen-bond donors (Lipinski definition) is 0. The first kappa shape index (κ1) is 30.7. The number of halogens is 1. The molecule has 0 bridgehead atoms. The monoisotopic (exact) mass is 460 g/mol. The van der Waals surface area contributed by atoms with Gasteiger partial charge in [0.1, 0.15) is 5.82 Å². The third kappa shape index (κ3) is 12.6. The minimum atomic E-state index is -0.214. The van der Waals surface area contributed by atoms with E-state index in [1.807, 2.05) is 85.1 Å². The molecule has 34 heavy (non-hydrogen) atoms. The van der Waals surface area contributed by atoms with Gasteiger partial charge < -0.3 is 0 Å². The maximum Gasteiger partial charge on any atom is 0.123 e. The third-order valence-electron chi connectivity index (χ3n) is 4.53. The lowest BCUT2D eigenvalue weighted by molar-refractivity contribution is 0.627. The van der Waals surface area contributed by atoms with Crippen molar-refractivity contribution in [3.63, 3.8) is 0 Å². The lowest BCUT2D eigenvalue weighted by atomic mass is 10.0. The number of aromatic nitrogens is 1. The van der Waals surface area contributed by atoms with Crippen LogP contribution in [0.3, 0.4) is 0 Å². The number of hydrogen-bond acceptors (Lipinski definition) is 2. The standard InChI is InChI=1S/C21H23FN2.C8H12.C2H6/c1-5-20(15(2)3)24-21(18-12-16(4)13-23-14-18)11-8-17-6-9-19(22)10-7-17;1-5-8(4)6-7(2)3;1-2/h5-7,9-10,12-14H,1,8,11H2,2-4H3;5-6H,1-2H2,3-4H3;1-2H3/b;8-6-;. The zero-order chi connectivity index (χ0) is 26.1. The Hall–Kier alpha value is -3.33. The van der Waals surface area contributed by atoms with Crippen LogP contribution >= 0.6 is 0 Å². The molecule has 182 valence electrons. The summed E-state index contributed by atoms with van der Waals surface area (Å²) in [6.45, 7) is 25.2. The number of aryl methyl sites for hydroxylation is 2. The summed E-state index contributed by atoms with van der Waals surface area (Å²) >= 11 is 0. The van der Waals surface area contributed by atoms with Crippen molar-refractivity contribution in [3.05, 3.63) is 126 Å². The van der Waals surface area contributed by atoms with Crippen LogP contribution in [0.1, 0.15) is 64.7 Å². The van der Waals surface area contributed by atoms with Gasteiger partial charge in [-0.2, -0.15) is 0 Å². The molecule has 1 aromatic heterocycles. The van der Waals surface area contributed by atoms with Gasteiger partial charge in [-0.1, -0.05) is 74.6 Å². The summed E-state index contributed by atoms with van der Waals surface area (Å²) in [7, 11) is 0. The highest BCUT2D eigenvalue weighted by Gasteiger charge is 2.07. The van der Waals surface area contributed by atoms with Gasteiger partial charge in [0.25, 0.3) is 0 Å². The van der Waals surface area contributed by atoms with Crippen molar-refractivity contribution in [1.29, 1.82) is 0 Å². The largest absolute Gasteiger partial charge is 0.264 e. The van der Waals surface area contributed by atoms with Gasteiger partial charge in [0.05, 0.1) is 11.4 Å². The molecule has 3 heteroatoms. The Morgan fingerprint density at radius 1 is 1.00 bits per heavy atom. The number of allylic oxidation sites excluding steroid dienone is 6. The quantitative estimate of drug-likeness (QED) is 0.285. The van der Waals surface area contributed by atoms with E-state index in [2.05, 4.69) is 30.8 Å². The molecule has 0 spiro atoms. The van der Waals surface area contributed by atoms with Gasteiger partial charge >= 0.3 is 0 Å². The molecule has 0 N–H and O–H groups in total.